The Labute approximate surface area is 110 Å². The van der Waals surface area contributed by atoms with Crippen molar-refractivity contribution in [2.75, 3.05) is 6.54 Å². The van der Waals surface area contributed by atoms with Crippen LogP contribution in [0.2, 0.25) is 0 Å². The van der Waals surface area contributed by atoms with E-state index >= 15 is 0 Å². The van der Waals surface area contributed by atoms with Gasteiger partial charge >= 0.3 is 0 Å². The molecular weight excluding hydrogens is 254 g/mol. The first-order valence-corrected chi connectivity index (χ1v) is 5.94. The summed E-state index contributed by atoms with van der Waals surface area (Å²) in [5.74, 6) is 0.640. The quantitative estimate of drug-likeness (QED) is 0.531. The summed E-state index contributed by atoms with van der Waals surface area (Å²) in [6.45, 7) is 3.37. The molecule has 2 saturated heterocycles. The van der Waals surface area contributed by atoms with E-state index in [0.717, 1.165) is 0 Å². The van der Waals surface area contributed by atoms with Crippen LogP contribution in [0, 0.1) is 12.3 Å². The number of carbonyl (C=O) groups is 1. The lowest BCUT2D eigenvalue weighted by atomic mass is 10.1. The summed E-state index contributed by atoms with van der Waals surface area (Å²) in [6.07, 6.45) is -0.332. The molecule has 1 amide bonds. The number of hydrogen-bond donors (Lipinski definition) is 3. The molecule has 0 aliphatic carbocycles. The Hall–Kier alpha value is -1.17. The molecule has 2 rings (SSSR count). The van der Waals surface area contributed by atoms with Crippen LogP contribution in [-0.4, -0.2) is 59.2 Å². The number of aliphatic hydroxyl groups excluding tert-OH is 2. The SMILES string of the molecule is C#CCNC(=O)[C@@H](O)[C@H]1O[C@@H]2OC(C)(C)O[C@@H]2[C@H]1O. The molecule has 5 atom stereocenters. The lowest BCUT2D eigenvalue weighted by molar-refractivity contribution is -0.224. The zero-order valence-corrected chi connectivity index (χ0v) is 10.7. The molecule has 19 heavy (non-hydrogen) atoms. The summed E-state index contributed by atoms with van der Waals surface area (Å²) in [5, 5.41) is 22.2. The van der Waals surface area contributed by atoms with Crippen molar-refractivity contribution >= 4 is 5.91 Å². The molecule has 0 radical (unpaired) electrons. The fourth-order valence-corrected chi connectivity index (χ4v) is 2.17. The van der Waals surface area contributed by atoms with Crippen molar-refractivity contribution < 1.29 is 29.2 Å². The second-order valence-electron chi connectivity index (χ2n) is 4.93. The van der Waals surface area contributed by atoms with Crippen LogP contribution in [-0.2, 0) is 19.0 Å². The summed E-state index contributed by atoms with van der Waals surface area (Å²) in [6, 6.07) is 0. The number of terminal acetylenes is 1. The van der Waals surface area contributed by atoms with Gasteiger partial charge in [0.05, 0.1) is 6.54 Å². The molecule has 2 aliphatic heterocycles. The molecule has 0 bridgehead atoms. The van der Waals surface area contributed by atoms with E-state index in [1.807, 2.05) is 0 Å². The van der Waals surface area contributed by atoms with Crippen molar-refractivity contribution in [3.63, 3.8) is 0 Å². The van der Waals surface area contributed by atoms with Gasteiger partial charge in [-0.3, -0.25) is 4.79 Å². The molecule has 0 aromatic heterocycles. The summed E-state index contributed by atoms with van der Waals surface area (Å²) < 4.78 is 16.2. The zero-order chi connectivity index (χ0) is 14.2. The Kier molecular flexibility index (Phi) is 3.80. The zero-order valence-electron chi connectivity index (χ0n) is 10.7. The molecule has 7 heteroatoms. The summed E-state index contributed by atoms with van der Waals surface area (Å²) in [5.41, 5.74) is 0. The Balaban J connectivity index is 1.98. The Morgan fingerprint density at radius 1 is 1.53 bits per heavy atom. The monoisotopic (exact) mass is 271 g/mol. The van der Waals surface area contributed by atoms with Crippen molar-refractivity contribution in [3.05, 3.63) is 0 Å². The third-order valence-electron chi connectivity index (χ3n) is 3.00. The number of nitrogens with one attached hydrogen (secondary N) is 1. The molecule has 0 unspecified atom stereocenters. The van der Waals surface area contributed by atoms with E-state index in [1.54, 1.807) is 13.8 Å². The highest BCUT2D eigenvalue weighted by Crippen LogP contribution is 2.38. The first-order chi connectivity index (χ1) is 8.85. The van der Waals surface area contributed by atoms with Crippen LogP contribution in [0.25, 0.3) is 0 Å². The Morgan fingerprint density at radius 2 is 2.21 bits per heavy atom. The van der Waals surface area contributed by atoms with Crippen LogP contribution in [0.5, 0.6) is 0 Å². The number of amides is 1. The maximum Gasteiger partial charge on any atom is 0.252 e. The second kappa shape index (κ2) is 5.07. The third kappa shape index (κ3) is 2.73. The minimum atomic E-state index is -1.54. The summed E-state index contributed by atoms with van der Waals surface area (Å²) in [7, 11) is 0. The summed E-state index contributed by atoms with van der Waals surface area (Å²) >= 11 is 0. The van der Waals surface area contributed by atoms with E-state index in [-0.39, 0.29) is 6.54 Å². The van der Waals surface area contributed by atoms with Crippen molar-refractivity contribution in [1.82, 2.24) is 5.32 Å². The smallest absolute Gasteiger partial charge is 0.252 e. The van der Waals surface area contributed by atoms with Crippen LogP contribution in [0.3, 0.4) is 0 Å². The maximum atomic E-state index is 11.6. The number of aliphatic hydroxyl groups is 2. The van der Waals surface area contributed by atoms with Gasteiger partial charge in [-0.1, -0.05) is 5.92 Å². The highest BCUT2D eigenvalue weighted by atomic mass is 16.8. The van der Waals surface area contributed by atoms with E-state index in [2.05, 4.69) is 11.2 Å². The minimum absolute atomic E-state index is 0.00834. The van der Waals surface area contributed by atoms with E-state index in [9.17, 15) is 15.0 Å². The van der Waals surface area contributed by atoms with Crippen molar-refractivity contribution in [3.8, 4) is 12.3 Å². The second-order valence-corrected chi connectivity index (χ2v) is 4.93. The number of hydrogen-bond acceptors (Lipinski definition) is 6. The topological polar surface area (TPSA) is 97.3 Å². The predicted octanol–water partition coefficient (Wildman–Crippen LogP) is -1.67. The van der Waals surface area contributed by atoms with Gasteiger partial charge in [0, 0.05) is 0 Å². The highest BCUT2D eigenvalue weighted by molar-refractivity contribution is 5.81. The van der Waals surface area contributed by atoms with Gasteiger partial charge in [-0.15, -0.1) is 6.42 Å². The number of ether oxygens (including phenoxy) is 3. The normalized spacial score (nSPS) is 37.4. The fraction of sp³-hybridized carbons (Fsp3) is 0.750. The van der Waals surface area contributed by atoms with E-state index in [0.29, 0.717) is 0 Å². The molecule has 0 spiro atoms. The maximum absolute atomic E-state index is 11.6. The molecule has 2 heterocycles. The first-order valence-electron chi connectivity index (χ1n) is 5.94. The largest absolute Gasteiger partial charge is 0.387 e. The van der Waals surface area contributed by atoms with Crippen LogP contribution in [0.15, 0.2) is 0 Å². The van der Waals surface area contributed by atoms with E-state index in [1.165, 1.54) is 0 Å². The fourth-order valence-electron chi connectivity index (χ4n) is 2.17. The lowest BCUT2D eigenvalue weighted by Crippen LogP contribution is -2.48. The van der Waals surface area contributed by atoms with Crippen LogP contribution in [0.1, 0.15) is 13.8 Å². The Bertz CT molecular complexity index is 404. The van der Waals surface area contributed by atoms with Gasteiger partial charge in [0.15, 0.2) is 18.2 Å². The van der Waals surface area contributed by atoms with Gasteiger partial charge in [-0.05, 0) is 13.8 Å². The van der Waals surface area contributed by atoms with Gasteiger partial charge in [0.2, 0.25) is 0 Å². The van der Waals surface area contributed by atoms with Crippen molar-refractivity contribution in [2.45, 2.75) is 50.3 Å². The first kappa shape index (κ1) is 14.2. The number of fused-ring (bicyclic) bond motifs is 1. The standard InChI is InChI=1S/C12H17NO6/c1-4-5-13-10(16)7(15)8-6(14)9-11(17-8)19-12(2,3)18-9/h1,6-9,11,14-15H,5H2,2-3H3,(H,13,16)/t6-,7-,8-,9+,11+/m0/s1. The third-order valence-corrected chi connectivity index (χ3v) is 3.00. The molecule has 0 aromatic carbocycles. The van der Waals surface area contributed by atoms with Gasteiger partial charge < -0.3 is 29.7 Å². The molecule has 0 aromatic rings. The van der Waals surface area contributed by atoms with Crippen LogP contribution >= 0.6 is 0 Å². The molecule has 0 saturated carbocycles. The molecule has 2 fully saturated rings. The average Bonchev–Trinajstić information content (AvgIpc) is 2.79. The molecule has 7 nitrogen and oxygen atoms in total. The molecule has 3 N–H and O–H groups in total. The Morgan fingerprint density at radius 3 is 2.79 bits per heavy atom. The lowest BCUT2D eigenvalue weighted by Gasteiger charge is -2.25. The van der Waals surface area contributed by atoms with Gasteiger partial charge in [-0.25, -0.2) is 0 Å². The number of carbonyl (C=O) groups excluding carboxylic acids is 1. The van der Waals surface area contributed by atoms with Gasteiger partial charge in [0.25, 0.3) is 5.91 Å². The minimum Gasteiger partial charge on any atom is -0.387 e. The van der Waals surface area contributed by atoms with Crippen LogP contribution in [0.4, 0.5) is 0 Å². The summed E-state index contributed by atoms with van der Waals surface area (Å²) in [4.78, 5) is 11.6. The highest BCUT2D eigenvalue weighted by Gasteiger charge is 2.56. The van der Waals surface area contributed by atoms with E-state index in [4.69, 9.17) is 20.6 Å². The van der Waals surface area contributed by atoms with E-state index < -0.39 is 42.4 Å². The molecule has 106 valence electrons. The number of rotatable bonds is 3. The van der Waals surface area contributed by atoms with Crippen molar-refractivity contribution in [2.24, 2.45) is 0 Å². The van der Waals surface area contributed by atoms with Crippen molar-refractivity contribution in [1.29, 1.82) is 0 Å². The van der Waals surface area contributed by atoms with Gasteiger partial charge in [-0.2, -0.15) is 0 Å². The molecular formula is C12H17NO6. The predicted molar refractivity (Wildman–Crippen MR) is 62.6 cm³/mol. The average molecular weight is 271 g/mol. The van der Waals surface area contributed by atoms with Crippen LogP contribution < -0.4 is 5.32 Å². The van der Waals surface area contributed by atoms with Gasteiger partial charge in [0.1, 0.15) is 18.3 Å². The molecule has 2 aliphatic rings.